The van der Waals surface area contributed by atoms with E-state index in [-0.39, 0.29) is 5.97 Å². The number of rotatable bonds is 5. The van der Waals surface area contributed by atoms with Gasteiger partial charge in [-0.05, 0) is 38.3 Å². The first-order valence-electron chi connectivity index (χ1n) is 5.39. The third-order valence-electron chi connectivity index (χ3n) is 1.98. The summed E-state index contributed by atoms with van der Waals surface area (Å²) in [6, 6.07) is 3.93. The van der Waals surface area contributed by atoms with Crippen LogP contribution in [0.25, 0.3) is 0 Å². The molecule has 0 spiro atoms. The van der Waals surface area contributed by atoms with Crippen LogP contribution in [-0.4, -0.2) is 17.6 Å². The number of carbonyl (C=O) groups excluding carboxylic acids is 1. The van der Waals surface area contributed by atoms with Crippen LogP contribution in [0.1, 0.15) is 25.8 Å². The Morgan fingerprint density at radius 2 is 2.31 bits per heavy atom. The van der Waals surface area contributed by atoms with Crippen LogP contribution in [-0.2, 0) is 16.0 Å². The van der Waals surface area contributed by atoms with Crippen molar-refractivity contribution in [2.24, 2.45) is 0 Å². The largest absolute Gasteiger partial charge is 0.463 e. The molecule has 16 heavy (non-hydrogen) atoms. The van der Waals surface area contributed by atoms with Crippen LogP contribution in [0.15, 0.2) is 36.2 Å². The average Bonchev–Trinajstić information content (AvgIpc) is 2.25. The molecule has 0 N–H and O–H groups in total. The summed E-state index contributed by atoms with van der Waals surface area (Å²) < 4.78 is 5.04. The number of allylic oxidation sites excluding steroid dienone is 1. The number of aryl methyl sites for hydroxylation is 1. The molecule has 0 saturated carbocycles. The molecule has 0 aliphatic carbocycles. The Balaban J connectivity index is 2.18. The van der Waals surface area contributed by atoms with Gasteiger partial charge in [0.05, 0.1) is 6.61 Å². The van der Waals surface area contributed by atoms with Crippen LogP contribution in [0.3, 0.4) is 0 Å². The molecule has 0 fully saturated rings. The van der Waals surface area contributed by atoms with Crippen LogP contribution in [0.5, 0.6) is 0 Å². The molecule has 0 aliphatic heterocycles. The van der Waals surface area contributed by atoms with E-state index in [0.29, 0.717) is 6.61 Å². The number of ether oxygens (including phenoxy) is 1. The Kier molecular flexibility index (Phi) is 5.26. The minimum absolute atomic E-state index is 0.258. The van der Waals surface area contributed by atoms with Gasteiger partial charge in [-0.3, -0.25) is 4.98 Å². The predicted octanol–water partition coefficient (Wildman–Crippen LogP) is 2.52. The molecule has 1 aromatic rings. The molecule has 0 atom stereocenters. The number of aromatic nitrogens is 1. The van der Waals surface area contributed by atoms with Crippen molar-refractivity contribution in [3.8, 4) is 0 Å². The van der Waals surface area contributed by atoms with Crippen LogP contribution in [0.2, 0.25) is 0 Å². The zero-order valence-corrected chi connectivity index (χ0v) is 9.77. The van der Waals surface area contributed by atoms with Crippen LogP contribution >= 0.6 is 0 Å². The smallest absolute Gasteiger partial charge is 0.330 e. The van der Waals surface area contributed by atoms with Gasteiger partial charge in [0.15, 0.2) is 0 Å². The number of esters is 1. The van der Waals surface area contributed by atoms with E-state index in [1.165, 1.54) is 11.6 Å². The molecule has 0 unspecified atom stereocenters. The highest BCUT2D eigenvalue weighted by atomic mass is 16.5. The first-order valence-corrected chi connectivity index (χ1v) is 5.39. The van der Waals surface area contributed by atoms with Crippen molar-refractivity contribution in [2.45, 2.75) is 26.7 Å². The Morgan fingerprint density at radius 3 is 2.94 bits per heavy atom. The summed E-state index contributed by atoms with van der Waals surface area (Å²) in [5.41, 5.74) is 2.12. The quantitative estimate of drug-likeness (QED) is 0.434. The van der Waals surface area contributed by atoms with Gasteiger partial charge < -0.3 is 4.74 Å². The van der Waals surface area contributed by atoms with Gasteiger partial charge in [-0.1, -0.05) is 11.6 Å². The molecule has 3 nitrogen and oxygen atoms in total. The van der Waals surface area contributed by atoms with Crippen LogP contribution < -0.4 is 0 Å². The van der Waals surface area contributed by atoms with Crippen molar-refractivity contribution < 1.29 is 9.53 Å². The van der Waals surface area contributed by atoms with Crippen molar-refractivity contribution in [2.75, 3.05) is 6.61 Å². The number of hydrogen-bond acceptors (Lipinski definition) is 3. The fourth-order valence-electron chi connectivity index (χ4n) is 1.27. The van der Waals surface area contributed by atoms with E-state index < -0.39 is 0 Å². The van der Waals surface area contributed by atoms with E-state index in [9.17, 15) is 4.79 Å². The zero-order valence-electron chi connectivity index (χ0n) is 9.77. The average molecular weight is 219 g/mol. The molecule has 0 amide bonds. The standard InChI is InChI=1S/C13H17NO2/c1-11(2)9-13(15)16-8-4-6-12-5-3-7-14-10-12/h3,5,7,9-10H,4,6,8H2,1-2H3. The van der Waals surface area contributed by atoms with Crippen molar-refractivity contribution >= 4 is 5.97 Å². The lowest BCUT2D eigenvalue weighted by Crippen LogP contribution is -2.04. The zero-order chi connectivity index (χ0) is 11.8. The van der Waals surface area contributed by atoms with Gasteiger partial charge >= 0.3 is 5.97 Å². The lowest BCUT2D eigenvalue weighted by Gasteiger charge is -2.02. The molecule has 1 heterocycles. The van der Waals surface area contributed by atoms with Gasteiger partial charge in [-0.15, -0.1) is 0 Å². The van der Waals surface area contributed by atoms with Crippen molar-refractivity contribution in [1.29, 1.82) is 0 Å². The van der Waals surface area contributed by atoms with Gasteiger partial charge in [0.25, 0.3) is 0 Å². The van der Waals surface area contributed by atoms with Crippen LogP contribution in [0.4, 0.5) is 0 Å². The molecule has 1 rings (SSSR count). The highest BCUT2D eigenvalue weighted by Crippen LogP contribution is 2.01. The fraction of sp³-hybridized carbons (Fsp3) is 0.385. The first kappa shape index (κ1) is 12.4. The summed E-state index contributed by atoms with van der Waals surface area (Å²) in [5.74, 6) is -0.258. The third-order valence-corrected chi connectivity index (χ3v) is 1.98. The molecule has 0 aliphatic rings. The molecule has 0 saturated heterocycles. The SMILES string of the molecule is CC(C)=CC(=O)OCCCc1cccnc1. The van der Waals surface area contributed by atoms with Gasteiger partial charge in [0, 0.05) is 18.5 Å². The number of pyridine rings is 1. The molecular weight excluding hydrogens is 202 g/mol. The maximum Gasteiger partial charge on any atom is 0.330 e. The highest BCUT2D eigenvalue weighted by Gasteiger charge is 1.98. The maximum atomic E-state index is 11.2. The maximum absolute atomic E-state index is 11.2. The lowest BCUT2D eigenvalue weighted by molar-refractivity contribution is -0.137. The summed E-state index contributed by atoms with van der Waals surface area (Å²) in [6.07, 6.45) is 6.80. The molecule has 0 radical (unpaired) electrons. The second-order valence-corrected chi connectivity index (χ2v) is 3.85. The second kappa shape index (κ2) is 6.77. The Bertz CT molecular complexity index is 353. The Hall–Kier alpha value is -1.64. The van der Waals surface area contributed by atoms with E-state index in [4.69, 9.17) is 4.74 Å². The minimum Gasteiger partial charge on any atom is -0.463 e. The Labute approximate surface area is 96.2 Å². The Morgan fingerprint density at radius 1 is 1.50 bits per heavy atom. The van der Waals surface area contributed by atoms with E-state index >= 15 is 0 Å². The van der Waals surface area contributed by atoms with Crippen molar-refractivity contribution in [3.05, 3.63) is 41.7 Å². The topological polar surface area (TPSA) is 39.2 Å². The molecular formula is C13H17NO2. The molecule has 3 heteroatoms. The van der Waals surface area contributed by atoms with Gasteiger partial charge in [0.1, 0.15) is 0 Å². The minimum atomic E-state index is -0.258. The fourth-order valence-corrected chi connectivity index (χ4v) is 1.27. The highest BCUT2D eigenvalue weighted by molar-refractivity contribution is 5.82. The van der Waals surface area contributed by atoms with Gasteiger partial charge in [-0.25, -0.2) is 4.79 Å². The predicted molar refractivity (Wildman–Crippen MR) is 62.9 cm³/mol. The van der Waals surface area contributed by atoms with Crippen molar-refractivity contribution in [3.63, 3.8) is 0 Å². The molecule has 0 bridgehead atoms. The second-order valence-electron chi connectivity index (χ2n) is 3.85. The number of carbonyl (C=O) groups is 1. The van der Waals surface area contributed by atoms with E-state index in [1.807, 2.05) is 32.2 Å². The third kappa shape index (κ3) is 5.29. The van der Waals surface area contributed by atoms with E-state index in [1.54, 1.807) is 6.20 Å². The first-order chi connectivity index (χ1) is 7.68. The summed E-state index contributed by atoms with van der Waals surface area (Å²) in [5, 5.41) is 0. The molecule has 0 aromatic carbocycles. The van der Waals surface area contributed by atoms with Crippen LogP contribution in [0, 0.1) is 0 Å². The summed E-state index contributed by atoms with van der Waals surface area (Å²) in [7, 11) is 0. The summed E-state index contributed by atoms with van der Waals surface area (Å²) in [6.45, 7) is 4.20. The van der Waals surface area contributed by atoms with E-state index in [0.717, 1.165) is 18.4 Å². The normalized spacial score (nSPS) is 9.62. The van der Waals surface area contributed by atoms with Gasteiger partial charge in [-0.2, -0.15) is 0 Å². The van der Waals surface area contributed by atoms with Crippen molar-refractivity contribution in [1.82, 2.24) is 4.98 Å². The number of hydrogen-bond donors (Lipinski definition) is 0. The van der Waals surface area contributed by atoms with Gasteiger partial charge in [0.2, 0.25) is 0 Å². The monoisotopic (exact) mass is 219 g/mol. The number of nitrogens with zero attached hydrogens (tertiary/aromatic N) is 1. The molecule has 86 valence electrons. The lowest BCUT2D eigenvalue weighted by atomic mass is 10.2. The summed E-state index contributed by atoms with van der Waals surface area (Å²) >= 11 is 0. The van der Waals surface area contributed by atoms with E-state index in [2.05, 4.69) is 4.98 Å². The summed E-state index contributed by atoms with van der Waals surface area (Å²) in [4.78, 5) is 15.2. The molecule has 1 aromatic heterocycles.